The van der Waals surface area contributed by atoms with Crippen LogP contribution in [-0.4, -0.2) is 36.4 Å². The minimum absolute atomic E-state index is 0.728. The van der Waals surface area contributed by atoms with Crippen molar-refractivity contribution in [3.63, 3.8) is 0 Å². The molecule has 0 bridgehead atoms. The van der Waals surface area contributed by atoms with Crippen LogP contribution in [0.4, 0.5) is 0 Å². The Morgan fingerprint density at radius 3 is 2.07 bits per heavy atom. The first kappa shape index (κ1) is 12.0. The van der Waals surface area contributed by atoms with Crippen LogP contribution in [-0.2, 0) is 19.1 Å². The van der Waals surface area contributed by atoms with Gasteiger partial charge in [0.25, 0.3) is 0 Å². The van der Waals surface area contributed by atoms with E-state index in [1.54, 1.807) is 0 Å². The van der Waals surface area contributed by atoms with E-state index in [0.717, 1.165) is 26.4 Å². The van der Waals surface area contributed by atoms with Gasteiger partial charge in [-0.3, -0.25) is 0 Å². The van der Waals surface area contributed by atoms with Crippen LogP contribution in [0, 0.1) is 0 Å². The third kappa shape index (κ3) is 3.61. The Kier molecular flexibility index (Phi) is 4.83. The molecule has 0 aliphatic rings. The zero-order chi connectivity index (χ0) is 11.1. The van der Waals surface area contributed by atoms with Gasteiger partial charge in [-0.1, -0.05) is 0 Å². The Morgan fingerprint density at radius 1 is 1.07 bits per heavy atom. The summed E-state index contributed by atoms with van der Waals surface area (Å²) in [6.07, 6.45) is 1.66. The van der Waals surface area contributed by atoms with Crippen molar-refractivity contribution in [2.45, 2.75) is 0 Å². The van der Waals surface area contributed by atoms with Crippen molar-refractivity contribution in [1.29, 1.82) is 0 Å². The van der Waals surface area contributed by atoms with Gasteiger partial charge in [-0.2, -0.15) is 0 Å². The predicted molar refractivity (Wildman–Crippen MR) is 45.5 cm³/mol. The van der Waals surface area contributed by atoms with Gasteiger partial charge in [0.2, 0.25) is 5.76 Å². The molecule has 2 N–H and O–H groups in total. The molecule has 0 aliphatic heterocycles. The first-order valence-corrected chi connectivity index (χ1v) is 3.49. The van der Waals surface area contributed by atoms with Gasteiger partial charge in [-0.05, 0) is 6.08 Å². The molecule has 0 aromatic heterocycles. The van der Waals surface area contributed by atoms with Crippen LogP contribution in [0.2, 0.25) is 0 Å². The molecule has 0 unspecified atom stereocenters. The van der Waals surface area contributed by atoms with Gasteiger partial charge in [0, 0.05) is 6.08 Å². The highest BCUT2D eigenvalue weighted by Crippen LogP contribution is 2.01. The number of hydrogen-bond acceptors (Lipinski definition) is 6. The van der Waals surface area contributed by atoms with Crippen molar-refractivity contribution in [2.75, 3.05) is 14.2 Å². The summed E-state index contributed by atoms with van der Waals surface area (Å²) in [5.74, 6) is -3.58. The fourth-order valence-electron chi connectivity index (χ4n) is 0.495. The fraction of sp³-hybridized carbons (Fsp3) is 0.250. The Bertz CT molecular complexity index is 288. The van der Waals surface area contributed by atoms with Crippen molar-refractivity contribution in [3.8, 4) is 0 Å². The molecule has 0 aromatic carbocycles. The Labute approximate surface area is 80.1 Å². The van der Waals surface area contributed by atoms with E-state index in [1.807, 2.05) is 0 Å². The van der Waals surface area contributed by atoms with Crippen molar-refractivity contribution < 1.29 is 29.3 Å². The Morgan fingerprint density at radius 2 is 1.64 bits per heavy atom. The second-order valence-electron chi connectivity index (χ2n) is 2.08. The smallest absolute Gasteiger partial charge is 0.377 e. The predicted octanol–water partition coefficient (Wildman–Crippen LogP) is 0.216. The number of aliphatic hydroxyl groups is 2. The van der Waals surface area contributed by atoms with Gasteiger partial charge in [-0.25, -0.2) is 9.59 Å². The van der Waals surface area contributed by atoms with E-state index >= 15 is 0 Å². The SMILES string of the molecule is COC(=O)/C=C/C(O)=C(/O)C(=O)OC. The summed E-state index contributed by atoms with van der Waals surface area (Å²) in [7, 11) is 2.18. The monoisotopic (exact) mass is 202 g/mol. The number of carbonyl (C=O) groups is 2. The van der Waals surface area contributed by atoms with Crippen LogP contribution in [0.1, 0.15) is 0 Å². The number of aliphatic hydroxyl groups excluding tert-OH is 2. The molecule has 0 aromatic rings. The number of ether oxygens (including phenoxy) is 2. The summed E-state index contributed by atoms with van der Waals surface area (Å²) in [4.78, 5) is 21.2. The molecule has 0 heterocycles. The highest BCUT2D eigenvalue weighted by Gasteiger charge is 2.11. The summed E-state index contributed by atoms with van der Waals surface area (Å²) >= 11 is 0. The molecule has 0 saturated carbocycles. The molecular weight excluding hydrogens is 192 g/mol. The summed E-state index contributed by atoms with van der Waals surface area (Å²) in [6, 6.07) is 0. The zero-order valence-electron chi connectivity index (χ0n) is 7.68. The summed E-state index contributed by atoms with van der Waals surface area (Å²) in [5.41, 5.74) is 0. The van der Waals surface area contributed by atoms with E-state index in [-0.39, 0.29) is 0 Å². The van der Waals surface area contributed by atoms with E-state index in [9.17, 15) is 9.59 Å². The Balaban J connectivity index is 4.60. The van der Waals surface area contributed by atoms with Crippen molar-refractivity contribution >= 4 is 11.9 Å². The molecule has 78 valence electrons. The highest BCUT2D eigenvalue weighted by atomic mass is 16.5. The minimum atomic E-state index is -1.10. The molecule has 0 fully saturated rings. The summed E-state index contributed by atoms with van der Waals surface area (Å²) in [5, 5.41) is 17.9. The molecule has 0 aliphatic carbocycles. The van der Waals surface area contributed by atoms with Crippen LogP contribution in [0.15, 0.2) is 23.7 Å². The summed E-state index contributed by atoms with van der Waals surface area (Å²) < 4.78 is 8.32. The first-order chi connectivity index (χ1) is 6.52. The standard InChI is InChI=1S/C8H10O6/c1-13-6(10)4-3-5(9)7(11)8(12)14-2/h3-4,9,11H,1-2H3/b4-3+,7-5-. The van der Waals surface area contributed by atoms with Gasteiger partial charge >= 0.3 is 11.9 Å². The molecule has 6 nitrogen and oxygen atoms in total. The lowest BCUT2D eigenvalue weighted by atomic mass is 10.3. The largest absolute Gasteiger partial charge is 0.504 e. The molecule has 0 spiro atoms. The fourth-order valence-corrected chi connectivity index (χ4v) is 0.495. The highest BCUT2D eigenvalue weighted by molar-refractivity contribution is 5.87. The number of methoxy groups -OCH3 is 2. The first-order valence-electron chi connectivity index (χ1n) is 3.49. The van der Waals surface area contributed by atoms with Crippen LogP contribution in [0.5, 0.6) is 0 Å². The normalized spacial score (nSPS) is 12.1. The maximum atomic E-state index is 10.6. The van der Waals surface area contributed by atoms with E-state index in [2.05, 4.69) is 9.47 Å². The van der Waals surface area contributed by atoms with Gasteiger partial charge in [0.15, 0.2) is 5.76 Å². The number of rotatable bonds is 3. The number of allylic oxidation sites excluding steroid dienone is 1. The lowest BCUT2D eigenvalue weighted by molar-refractivity contribution is -0.139. The second-order valence-corrected chi connectivity index (χ2v) is 2.08. The lowest BCUT2D eigenvalue weighted by Crippen LogP contribution is -2.06. The third-order valence-corrected chi connectivity index (χ3v) is 1.20. The summed E-state index contributed by atoms with van der Waals surface area (Å²) in [6.45, 7) is 0. The minimum Gasteiger partial charge on any atom is -0.504 e. The topological polar surface area (TPSA) is 93.1 Å². The number of hydrogen-bond donors (Lipinski definition) is 2. The maximum Gasteiger partial charge on any atom is 0.377 e. The van der Waals surface area contributed by atoms with Gasteiger partial charge in [-0.15, -0.1) is 0 Å². The molecule has 14 heavy (non-hydrogen) atoms. The van der Waals surface area contributed by atoms with Gasteiger partial charge < -0.3 is 19.7 Å². The molecule has 0 saturated heterocycles. The lowest BCUT2D eigenvalue weighted by Gasteiger charge is -1.98. The van der Waals surface area contributed by atoms with Gasteiger partial charge in [0.05, 0.1) is 14.2 Å². The molecule has 0 amide bonds. The van der Waals surface area contributed by atoms with Crippen molar-refractivity contribution in [3.05, 3.63) is 23.7 Å². The molecule has 6 heteroatoms. The van der Waals surface area contributed by atoms with Crippen molar-refractivity contribution in [1.82, 2.24) is 0 Å². The molecule has 0 rings (SSSR count). The van der Waals surface area contributed by atoms with E-state index in [0.29, 0.717) is 0 Å². The average Bonchev–Trinajstić information content (AvgIpc) is 2.22. The van der Waals surface area contributed by atoms with E-state index in [4.69, 9.17) is 10.2 Å². The van der Waals surface area contributed by atoms with E-state index in [1.165, 1.54) is 0 Å². The molecule has 0 radical (unpaired) electrons. The maximum absolute atomic E-state index is 10.6. The van der Waals surface area contributed by atoms with Crippen LogP contribution in [0.25, 0.3) is 0 Å². The number of esters is 2. The quantitative estimate of drug-likeness (QED) is 0.294. The zero-order valence-corrected chi connectivity index (χ0v) is 7.68. The Hall–Kier alpha value is -1.98. The molecular formula is C8H10O6. The van der Waals surface area contributed by atoms with Crippen LogP contribution < -0.4 is 0 Å². The van der Waals surface area contributed by atoms with Crippen LogP contribution >= 0.6 is 0 Å². The average molecular weight is 202 g/mol. The van der Waals surface area contributed by atoms with Gasteiger partial charge in [0.1, 0.15) is 0 Å². The number of carbonyl (C=O) groups excluding carboxylic acids is 2. The third-order valence-electron chi connectivity index (χ3n) is 1.20. The van der Waals surface area contributed by atoms with Crippen LogP contribution in [0.3, 0.4) is 0 Å². The second kappa shape index (κ2) is 5.63. The van der Waals surface area contributed by atoms with E-state index < -0.39 is 23.5 Å². The molecule has 0 atom stereocenters. The van der Waals surface area contributed by atoms with Crippen molar-refractivity contribution in [2.24, 2.45) is 0 Å².